The zero-order valence-electron chi connectivity index (χ0n) is 20.1. The van der Waals surface area contributed by atoms with E-state index in [-0.39, 0.29) is 12.1 Å². The average molecular weight is 439 g/mol. The minimum atomic E-state index is 0.126. The van der Waals surface area contributed by atoms with Crippen molar-refractivity contribution in [1.82, 2.24) is 15.5 Å². The zero-order valence-corrected chi connectivity index (χ0v) is 20.1. The predicted molar refractivity (Wildman–Crippen MR) is 131 cm³/mol. The van der Waals surface area contributed by atoms with E-state index < -0.39 is 0 Å². The number of hydrogen-bond donors (Lipinski definition) is 2. The standard InChI is InChI=1S/C26H38N4O2/c1-19-11-13-20(14-12-19)25-22(9-7-15-32-25)17-28-26(27-2)29-18-24(30(3)4)21-8-6-10-23(16-21)31-5/h6,8,10-14,16,22,24-25H,7,9,15,17-18H2,1-5H3,(H2,27,28,29). The van der Waals surface area contributed by atoms with Crippen LogP contribution in [0.25, 0.3) is 0 Å². The van der Waals surface area contributed by atoms with E-state index in [0.29, 0.717) is 5.92 Å². The number of nitrogens with zero attached hydrogens (tertiary/aromatic N) is 2. The molecule has 1 aliphatic heterocycles. The van der Waals surface area contributed by atoms with E-state index in [2.05, 4.69) is 77.9 Å². The Morgan fingerprint density at radius 3 is 2.66 bits per heavy atom. The molecule has 6 nitrogen and oxygen atoms in total. The van der Waals surface area contributed by atoms with Gasteiger partial charge in [0.05, 0.1) is 19.3 Å². The monoisotopic (exact) mass is 438 g/mol. The number of methoxy groups -OCH3 is 1. The number of hydrogen-bond acceptors (Lipinski definition) is 4. The van der Waals surface area contributed by atoms with Crippen LogP contribution in [0.1, 0.15) is 41.7 Å². The van der Waals surface area contributed by atoms with Crippen molar-refractivity contribution < 1.29 is 9.47 Å². The van der Waals surface area contributed by atoms with Crippen LogP contribution in [0.4, 0.5) is 0 Å². The highest BCUT2D eigenvalue weighted by molar-refractivity contribution is 5.79. The van der Waals surface area contributed by atoms with Gasteiger partial charge in [-0.05, 0) is 57.1 Å². The van der Waals surface area contributed by atoms with Gasteiger partial charge in [0.15, 0.2) is 5.96 Å². The Morgan fingerprint density at radius 2 is 1.97 bits per heavy atom. The first kappa shape index (κ1) is 24.1. The van der Waals surface area contributed by atoms with Crippen molar-refractivity contribution in [3.8, 4) is 5.75 Å². The van der Waals surface area contributed by atoms with Crippen LogP contribution in [-0.4, -0.2) is 58.8 Å². The first-order valence-corrected chi connectivity index (χ1v) is 11.4. The molecule has 2 aromatic carbocycles. The second kappa shape index (κ2) is 11.9. The van der Waals surface area contributed by atoms with Crippen molar-refractivity contribution in [1.29, 1.82) is 0 Å². The number of guanidine groups is 1. The van der Waals surface area contributed by atoms with Crippen molar-refractivity contribution in [3.05, 3.63) is 65.2 Å². The summed E-state index contributed by atoms with van der Waals surface area (Å²) in [5, 5.41) is 7.04. The van der Waals surface area contributed by atoms with E-state index in [4.69, 9.17) is 9.47 Å². The van der Waals surface area contributed by atoms with E-state index in [9.17, 15) is 0 Å². The molecule has 0 aliphatic carbocycles. The van der Waals surface area contributed by atoms with Crippen LogP contribution in [0.2, 0.25) is 0 Å². The largest absolute Gasteiger partial charge is 0.497 e. The Bertz CT molecular complexity index is 866. The number of likely N-dealkylation sites (N-methyl/N-ethyl adjacent to an activating group) is 1. The maximum Gasteiger partial charge on any atom is 0.191 e. The van der Waals surface area contributed by atoms with Gasteiger partial charge in [-0.3, -0.25) is 4.99 Å². The minimum Gasteiger partial charge on any atom is -0.497 e. The quantitative estimate of drug-likeness (QED) is 0.483. The maximum absolute atomic E-state index is 6.17. The number of aryl methyl sites for hydroxylation is 1. The second-order valence-corrected chi connectivity index (χ2v) is 8.69. The summed E-state index contributed by atoms with van der Waals surface area (Å²) in [6.45, 7) is 4.51. The summed E-state index contributed by atoms with van der Waals surface area (Å²) in [7, 11) is 7.70. The number of benzene rings is 2. The van der Waals surface area contributed by atoms with Crippen LogP contribution < -0.4 is 15.4 Å². The van der Waals surface area contributed by atoms with Crippen molar-refractivity contribution in [2.24, 2.45) is 10.9 Å². The van der Waals surface area contributed by atoms with Crippen LogP contribution in [0.15, 0.2) is 53.5 Å². The molecule has 0 bridgehead atoms. The summed E-state index contributed by atoms with van der Waals surface area (Å²) >= 11 is 0. The van der Waals surface area contributed by atoms with Crippen LogP contribution >= 0.6 is 0 Å². The molecule has 2 N–H and O–H groups in total. The van der Waals surface area contributed by atoms with Gasteiger partial charge in [0.25, 0.3) is 0 Å². The Kier molecular flexibility index (Phi) is 8.94. The van der Waals surface area contributed by atoms with Gasteiger partial charge in [-0.2, -0.15) is 0 Å². The lowest BCUT2D eigenvalue weighted by Gasteiger charge is -2.33. The smallest absolute Gasteiger partial charge is 0.191 e. The van der Waals surface area contributed by atoms with Gasteiger partial charge in [-0.1, -0.05) is 42.0 Å². The molecule has 3 atom stereocenters. The molecule has 6 heteroatoms. The highest BCUT2D eigenvalue weighted by atomic mass is 16.5. The number of ether oxygens (including phenoxy) is 2. The molecule has 0 spiro atoms. The predicted octanol–water partition coefficient (Wildman–Crippen LogP) is 3.94. The summed E-state index contributed by atoms with van der Waals surface area (Å²) in [6.07, 6.45) is 2.37. The summed E-state index contributed by atoms with van der Waals surface area (Å²) in [4.78, 5) is 6.66. The fourth-order valence-corrected chi connectivity index (χ4v) is 4.27. The van der Waals surface area contributed by atoms with Crippen LogP contribution in [0, 0.1) is 12.8 Å². The first-order valence-electron chi connectivity index (χ1n) is 11.4. The Hall–Kier alpha value is -2.57. The lowest BCUT2D eigenvalue weighted by Crippen LogP contribution is -2.44. The highest BCUT2D eigenvalue weighted by Crippen LogP contribution is 2.33. The van der Waals surface area contributed by atoms with E-state index in [1.807, 2.05) is 19.2 Å². The second-order valence-electron chi connectivity index (χ2n) is 8.69. The van der Waals surface area contributed by atoms with Crippen molar-refractivity contribution in [2.45, 2.75) is 31.9 Å². The Morgan fingerprint density at radius 1 is 1.19 bits per heavy atom. The molecule has 1 saturated heterocycles. The molecule has 1 aliphatic rings. The third kappa shape index (κ3) is 6.47. The van der Waals surface area contributed by atoms with E-state index in [1.54, 1.807) is 7.11 Å². The van der Waals surface area contributed by atoms with Crippen LogP contribution in [0.3, 0.4) is 0 Å². The molecular formula is C26H38N4O2. The molecule has 3 unspecified atom stereocenters. The lowest BCUT2D eigenvalue weighted by atomic mass is 9.89. The number of rotatable bonds is 8. The van der Waals surface area contributed by atoms with Crippen LogP contribution in [0.5, 0.6) is 5.75 Å². The molecule has 1 heterocycles. The fourth-order valence-electron chi connectivity index (χ4n) is 4.27. The summed E-state index contributed by atoms with van der Waals surface area (Å²) in [5.41, 5.74) is 3.74. The van der Waals surface area contributed by atoms with Gasteiger partial charge >= 0.3 is 0 Å². The molecule has 174 valence electrons. The van der Waals surface area contributed by atoms with E-state index >= 15 is 0 Å². The third-order valence-corrected chi connectivity index (χ3v) is 6.17. The average Bonchev–Trinajstić information content (AvgIpc) is 2.82. The number of nitrogens with one attached hydrogen (secondary N) is 2. The molecular weight excluding hydrogens is 400 g/mol. The van der Waals surface area contributed by atoms with Gasteiger partial charge in [0, 0.05) is 32.7 Å². The first-order chi connectivity index (χ1) is 15.5. The fraction of sp³-hybridized carbons (Fsp3) is 0.500. The molecule has 3 rings (SSSR count). The van der Waals surface area contributed by atoms with E-state index in [0.717, 1.165) is 44.2 Å². The van der Waals surface area contributed by atoms with Crippen molar-refractivity contribution in [3.63, 3.8) is 0 Å². The molecule has 0 amide bonds. The topological polar surface area (TPSA) is 58.1 Å². The summed E-state index contributed by atoms with van der Waals surface area (Å²) < 4.78 is 11.6. The molecule has 1 fully saturated rings. The third-order valence-electron chi connectivity index (χ3n) is 6.17. The zero-order chi connectivity index (χ0) is 22.9. The van der Waals surface area contributed by atoms with Gasteiger partial charge in [0.1, 0.15) is 5.75 Å². The Balaban J connectivity index is 1.59. The minimum absolute atomic E-state index is 0.126. The summed E-state index contributed by atoms with van der Waals surface area (Å²) in [5.74, 6) is 2.09. The van der Waals surface area contributed by atoms with Crippen molar-refractivity contribution >= 4 is 5.96 Å². The Labute approximate surface area is 193 Å². The molecule has 0 radical (unpaired) electrons. The maximum atomic E-state index is 6.17. The highest BCUT2D eigenvalue weighted by Gasteiger charge is 2.27. The van der Waals surface area contributed by atoms with Gasteiger partial charge in [0.2, 0.25) is 0 Å². The molecule has 2 aromatic rings. The normalized spacial score (nSPS) is 20.1. The van der Waals surface area contributed by atoms with Crippen molar-refractivity contribution in [2.75, 3.05) is 47.9 Å². The van der Waals surface area contributed by atoms with Crippen LogP contribution in [-0.2, 0) is 4.74 Å². The number of aliphatic imine (C=N–C) groups is 1. The van der Waals surface area contributed by atoms with Gasteiger partial charge in [-0.15, -0.1) is 0 Å². The van der Waals surface area contributed by atoms with Gasteiger partial charge < -0.3 is 25.0 Å². The van der Waals surface area contributed by atoms with E-state index in [1.165, 1.54) is 16.7 Å². The SMILES string of the molecule is CN=C(NCC1CCCOC1c1ccc(C)cc1)NCC(c1cccc(OC)c1)N(C)C. The molecule has 32 heavy (non-hydrogen) atoms. The molecule has 0 aromatic heterocycles. The molecule has 0 saturated carbocycles. The van der Waals surface area contributed by atoms with Gasteiger partial charge in [-0.25, -0.2) is 0 Å². The lowest BCUT2D eigenvalue weighted by molar-refractivity contribution is -0.0265. The summed E-state index contributed by atoms with van der Waals surface area (Å²) in [6, 6.07) is 17.2.